The first-order valence-electron chi connectivity index (χ1n) is 11.5. The lowest BCUT2D eigenvalue weighted by atomic mass is 9.89. The summed E-state index contributed by atoms with van der Waals surface area (Å²) in [5.41, 5.74) is 4.93. The van der Waals surface area contributed by atoms with Gasteiger partial charge in [-0.15, -0.1) is 0 Å². The van der Waals surface area contributed by atoms with Crippen molar-refractivity contribution in [3.05, 3.63) is 109 Å². The zero-order valence-corrected chi connectivity index (χ0v) is 17.9. The molecular weight excluding hydrogens is 398 g/mol. The van der Waals surface area contributed by atoms with Crippen molar-refractivity contribution in [1.82, 2.24) is 4.98 Å². The molecule has 0 fully saturated rings. The largest absolute Gasteiger partial charge is 0.354 e. The lowest BCUT2D eigenvalue weighted by Crippen LogP contribution is -1.88. The Kier molecular flexibility index (Phi) is 3.19. The lowest BCUT2D eigenvalue weighted by Gasteiger charge is -2.14. The maximum atomic E-state index is 3.77. The monoisotopic (exact) mass is 417 g/mol. The molecular formula is C32H19N. The Morgan fingerprint density at radius 2 is 1.03 bits per heavy atom. The van der Waals surface area contributed by atoms with E-state index in [-0.39, 0.29) is 0 Å². The van der Waals surface area contributed by atoms with Crippen LogP contribution in [0.15, 0.2) is 109 Å². The van der Waals surface area contributed by atoms with Gasteiger partial charge in [-0.25, -0.2) is 0 Å². The zero-order valence-electron chi connectivity index (χ0n) is 17.9. The third-order valence-corrected chi connectivity index (χ3v) is 7.34. The Balaban J connectivity index is 1.53. The van der Waals surface area contributed by atoms with Gasteiger partial charge in [0.25, 0.3) is 0 Å². The molecule has 7 aromatic carbocycles. The van der Waals surface area contributed by atoms with Crippen molar-refractivity contribution in [2.24, 2.45) is 0 Å². The van der Waals surface area contributed by atoms with E-state index in [2.05, 4.69) is 114 Å². The molecule has 0 aliphatic carbocycles. The van der Waals surface area contributed by atoms with Crippen molar-refractivity contribution in [2.45, 2.75) is 0 Å². The molecule has 0 amide bonds. The summed E-state index contributed by atoms with van der Waals surface area (Å²) >= 11 is 0. The summed E-state index contributed by atoms with van der Waals surface area (Å²) in [7, 11) is 0. The molecule has 8 aromatic rings. The van der Waals surface area contributed by atoms with Gasteiger partial charge < -0.3 is 4.98 Å². The molecule has 0 radical (unpaired) electrons. The fourth-order valence-corrected chi connectivity index (χ4v) is 5.89. The Morgan fingerprint density at radius 1 is 0.364 bits per heavy atom. The van der Waals surface area contributed by atoms with Crippen LogP contribution in [0.1, 0.15) is 0 Å². The van der Waals surface area contributed by atoms with Gasteiger partial charge in [-0.05, 0) is 54.7 Å². The van der Waals surface area contributed by atoms with E-state index < -0.39 is 0 Å². The smallest absolute Gasteiger partial charge is 0.0544 e. The van der Waals surface area contributed by atoms with E-state index in [1.54, 1.807) is 0 Å². The molecule has 1 heterocycles. The van der Waals surface area contributed by atoms with Crippen molar-refractivity contribution in [3.63, 3.8) is 0 Å². The molecule has 8 rings (SSSR count). The predicted octanol–water partition coefficient (Wildman–Crippen LogP) is 9.04. The molecule has 1 aromatic heterocycles. The molecule has 0 aliphatic rings. The number of nitrogens with one attached hydrogen (secondary N) is 1. The Labute approximate surface area is 190 Å². The number of fused-ring (bicyclic) bond motifs is 5. The highest BCUT2D eigenvalue weighted by Gasteiger charge is 2.16. The van der Waals surface area contributed by atoms with Gasteiger partial charge in [-0.1, -0.05) is 103 Å². The van der Waals surface area contributed by atoms with Crippen molar-refractivity contribution >= 4 is 64.9 Å². The minimum absolute atomic E-state index is 1.19. The normalized spacial score (nSPS) is 12.2. The number of aromatic amines is 1. The molecule has 0 aliphatic heterocycles. The van der Waals surface area contributed by atoms with E-state index in [4.69, 9.17) is 0 Å². The van der Waals surface area contributed by atoms with Crippen LogP contribution < -0.4 is 0 Å². The third-order valence-electron chi connectivity index (χ3n) is 7.34. The summed E-state index contributed by atoms with van der Waals surface area (Å²) in [4.78, 5) is 3.77. The molecule has 0 saturated carbocycles. The average Bonchev–Trinajstić information content (AvgIpc) is 3.27. The van der Waals surface area contributed by atoms with Crippen LogP contribution in [-0.4, -0.2) is 4.98 Å². The second-order valence-corrected chi connectivity index (χ2v) is 9.03. The average molecular weight is 418 g/mol. The summed E-state index contributed by atoms with van der Waals surface area (Å²) in [5, 5.41) is 13.1. The third kappa shape index (κ3) is 2.21. The van der Waals surface area contributed by atoms with E-state index in [0.29, 0.717) is 0 Å². The van der Waals surface area contributed by atoms with Gasteiger partial charge in [0.05, 0.1) is 5.52 Å². The summed E-state index contributed by atoms with van der Waals surface area (Å²) < 4.78 is 0. The van der Waals surface area contributed by atoms with Crippen LogP contribution in [0.2, 0.25) is 0 Å². The first-order chi connectivity index (χ1) is 16.4. The van der Waals surface area contributed by atoms with Crippen molar-refractivity contribution < 1.29 is 0 Å². The molecule has 0 atom stereocenters. The quantitative estimate of drug-likeness (QED) is 0.256. The number of H-pyrrole nitrogens is 1. The summed E-state index contributed by atoms with van der Waals surface area (Å²) in [6.45, 7) is 0. The molecule has 0 unspecified atom stereocenters. The summed E-state index contributed by atoms with van der Waals surface area (Å²) in [5.74, 6) is 0. The standard InChI is InChI=1S/C32H19N/c1-2-8-23-19(5-1)15-18-28-31(23)27-10-4-9-26(32(27)33-28)24-16-13-22-12-11-20-6-3-7-21-14-17-25(24)30(22)29(20)21/h1-18,33H. The van der Waals surface area contributed by atoms with E-state index in [0.717, 1.165) is 0 Å². The van der Waals surface area contributed by atoms with Gasteiger partial charge in [-0.3, -0.25) is 0 Å². The molecule has 1 nitrogen and oxygen atoms in total. The van der Waals surface area contributed by atoms with Crippen LogP contribution in [0.4, 0.5) is 0 Å². The molecule has 33 heavy (non-hydrogen) atoms. The van der Waals surface area contributed by atoms with Crippen LogP contribution in [-0.2, 0) is 0 Å². The van der Waals surface area contributed by atoms with E-state index in [9.17, 15) is 0 Å². The van der Waals surface area contributed by atoms with Crippen molar-refractivity contribution in [2.75, 3.05) is 0 Å². The highest BCUT2D eigenvalue weighted by molar-refractivity contribution is 6.27. The van der Waals surface area contributed by atoms with Gasteiger partial charge in [0.1, 0.15) is 0 Å². The topological polar surface area (TPSA) is 15.8 Å². The molecule has 1 heteroatoms. The van der Waals surface area contributed by atoms with Crippen molar-refractivity contribution in [1.29, 1.82) is 0 Å². The molecule has 152 valence electrons. The summed E-state index contributed by atoms with van der Waals surface area (Å²) in [6.07, 6.45) is 0. The van der Waals surface area contributed by atoms with E-state index in [1.807, 2.05) is 0 Å². The number of benzene rings is 7. The van der Waals surface area contributed by atoms with Crippen LogP contribution in [0.3, 0.4) is 0 Å². The highest BCUT2D eigenvalue weighted by atomic mass is 14.7. The fraction of sp³-hybridized carbons (Fsp3) is 0. The van der Waals surface area contributed by atoms with Gasteiger partial charge in [0, 0.05) is 21.9 Å². The SMILES string of the molecule is c1ccc2c(c1)ccc1[nH]c3c(-c4ccc5ccc6cccc7ccc4c5c67)cccc3c12. The Hall–Kier alpha value is -4.36. The van der Waals surface area contributed by atoms with Gasteiger partial charge >= 0.3 is 0 Å². The highest BCUT2D eigenvalue weighted by Crippen LogP contribution is 2.42. The Morgan fingerprint density at radius 3 is 1.94 bits per heavy atom. The van der Waals surface area contributed by atoms with Crippen molar-refractivity contribution in [3.8, 4) is 11.1 Å². The maximum Gasteiger partial charge on any atom is 0.0544 e. The number of hydrogen-bond donors (Lipinski definition) is 1. The Bertz CT molecular complexity index is 2010. The summed E-state index contributed by atoms with van der Waals surface area (Å²) in [6, 6.07) is 40.0. The van der Waals surface area contributed by atoms with Gasteiger partial charge in [-0.2, -0.15) is 0 Å². The number of rotatable bonds is 1. The minimum atomic E-state index is 1.19. The van der Waals surface area contributed by atoms with Crippen LogP contribution in [0.5, 0.6) is 0 Å². The van der Waals surface area contributed by atoms with E-state index in [1.165, 1.54) is 76.0 Å². The van der Waals surface area contributed by atoms with Crippen LogP contribution >= 0.6 is 0 Å². The molecule has 0 saturated heterocycles. The molecule has 0 bridgehead atoms. The molecule has 0 spiro atoms. The fourth-order valence-electron chi connectivity index (χ4n) is 5.89. The van der Waals surface area contributed by atoms with Crippen LogP contribution in [0, 0.1) is 0 Å². The van der Waals surface area contributed by atoms with E-state index >= 15 is 0 Å². The second-order valence-electron chi connectivity index (χ2n) is 9.03. The first-order valence-corrected chi connectivity index (χ1v) is 11.5. The lowest BCUT2D eigenvalue weighted by molar-refractivity contribution is 1.55. The maximum absolute atomic E-state index is 3.77. The number of hydrogen-bond acceptors (Lipinski definition) is 0. The molecule has 1 N–H and O–H groups in total. The van der Waals surface area contributed by atoms with Gasteiger partial charge in [0.15, 0.2) is 0 Å². The predicted molar refractivity (Wildman–Crippen MR) is 142 cm³/mol. The van der Waals surface area contributed by atoms with Crippen LogP contribution in [0.25, 0.3) is 76.0 Å². The zero-order chi connectivity index (χ0) is 21.5. The number of aromatic nitrogens is 1. The first kappa shape index (κ1) is 17.2. The second kappa shape index (κ2) is 6.11. The van der Waals surface area contributed by atoms with Gasteiger partial charge in [0.2, 0.25) is 0 Å². The minimum Gasteiger partial charge on any atom is -0.354 e. The number of para-hydroxylation sites is 1.